The Hall–Kier alpha value is -3.46. The second-order valence-electron chi connectivity index (χ2n) is 8.29. The molecule has 1 heterocycles. The number of hydrogen-bond acceptors (Lipinski definition) is 6. The van der Waals surface area contributed by atoms with Crippen LogP contribution in [0.2, 0.25) is 0 Å². The van der Waals surface area contributed by atoms with Gasteiger partial charge in [0.1, 0.15) is 0 Å². The molecule has 31 heavy (non-hydrogen) atoms. The molecule has 9 heteroatoms. The van der Waals surface area contributed by atoms with Gasteiger partial charge in [0.05, 0.1) is 29.4 Å². The molecule has 2 aromatic carbocycles. The van der Waals surface area contributed by atoms with Crippen LogP contribution in [0.4, 0.5) is 17.1 Å². The van der Waals surface area contributed by atoms with Gasteiger partial charge in [0, 0.05) is 42.0 Å². The summed E-state index contributed by atoms with van der Waals surface area (Å²) >= 11 is 0. The molecule has 1 fully saturated rings. The van der Waals surface area contributed by atoms with E-state index in [4.69, 9.17) is 4.74 Å². The van der Waals surface area contributed by atoms with Crippen LogP contribution in [-0.4, -0.2) is 48.6 Å². The van der Waals surface area contributed by atoms with E-state index in [1.165, 1.54) is 12.1 Å². The molecule has 164 valence electrons. The summed E-state index contributed by atoms with van der Waals surface area (Å²) in [5.41, 5.74) is 1.27. The van der Waals surface area contributed by atoms with E-state index in [9.17, 15) is 19.7 Å². The molecule has 1 aliphatic rings. The van der Waals surface area contributed by atoms with Crippen molar-refractivity contribution in [3.05, 3.63) is 63.7 Å². The average molecular weight is 426 g/mol. The van der Waals surface area contributed by atoms with Crippen molar-refractivity contribution >= 4 is 28.9 Å². The monoisotopic (exact) mass is 426 g/mol. The van der Waals surface area contributed by atoms with Gasteiger partial charge in [0.2, 0.25) is 0 Å². The Morgan fingerprint density at radius 3 is 2.26 bits per heavy atom. The van der Waals surface area contributed by atoms with Gasteiger partial charge in [-0.1, -0.05) is 0 Å². The van der Waals surface area contributed by atoms with E-state index in [0.717, 1.165) is 0 Å². The zero-order valence-corrected chi connectivity index (χ0v) is 17.8. The van der Waals surface area contributed by atoms with Crippen molar-refractivity contribution in [1.82, 2.24) is 5.32 Å². The van der Waals surface area contributed by atoms with Gasteiger partial charge in [0.15, 0.2) is 0 Å². The number of non-ortho nitro benzene ring substituents is 1. The summed E-state index contributed by atoms with van der Waals surface area (Å²) in [6, 6.07) is 10.8. The number of nitrogens with one attached hydrogen (secondary N) is 2. The first-order valence-corrected chi connectivity index (χ1v) is 9.99. The minimum absolute atomic E-state index is 0.156. The number of carbonyl (C=O) groups excluding carboxylic acids is 2. The first-order valence-electron chi connectivity index (χ1n) is 9.99. The maximum Gasteiger partial charge on any atom is 0.270 e. The summed E-state index contributed by atoms with van der Waals surface area (Å²) < 4.78 is 5.36. The maximum atomic E-state index is 13.0. The van der Waals surface area contributed by atoms with Crippen LogP contribution in [0.15, 0.2) is 42.5 Å². The fourth-order valence-electron chi connectivity index (χ4n) is 3.22. The number of nitrogens with zero attached hydrogens (tertiary/aromatic N) is 2. The van der Waals surface area contributed by atoms with Gasteiger partial charge in [-0.15, -0.1) is 0 Å². The van der Waals surface area contributed by atoms with E-state index in [1.54, 1.807) is 30.3 Å². The Kier molecular flexibility index (Phi) is 6.55. The van der Waals surface area contributed by atoms with Crippen molar-refractivity contribution < 1.29 is 19.2 Å². The number of hydrogen-bond donors (Lipinski definition) is 2. The van der Waals surface area contributed by atoms with Crippen LogP contribution >= 0.6 is 0 Å². The smallest absolute Gasteiger partial charge is 0.270 e. The minimum atomic E-state index is -0.525. The number of ether oxygens (including phenoxy) is 1. The Labute approximate surface area is 180 Å². The van der Waals surface area contributed by atoms with E-state index < -0.39 is 10.8 Å². The molecular weight excluding hydrogens is 400 g/mol. The molecule has 0 bridgehead atoms. The number of nitro benzene ring substituents is 1. The summed E-state index contributed by atoms with van der Waals surface area (Å²) in [6.45, 7) is 7.91. The highest BCUT2D eigenvalue weighted by molar-refractivity contribution is 6.08. The van der Waals surface area contributed by atoms with Crippen molar-refractivity contribution in [3.63, 3.8) is 0 Å². The molecule has 9 nitrogen and oxygen atoms in total. The van der Waals surface area contributed by atoms with Gasteiger partial charge in [0.25, 0.3) is 17.5 Å². The van der Waals surface area contributed by atoms with Gasteiger partial charge < -0.3 is 20.3 Å². The highest BCUT2D eigenvalue weighted by Gasteiger charge is 2.22. The first-order chi connectivity index (χ1) is 14.6. The quantitative estimate of drug-likeness (QED) is 0.561. The van der Waals surface area contributed by atoms with Gasteiger partial charge >= 0.3 is 0 Å². The summed E-state index contributed by atoms with van der Waals surface area (Å²) in [6.07, 6.45) is 0. The molecule has 0 saturated carbocycles. The number of rotatable bonds is 5. The zero-order valence-electron chi connectivity index (χ0n) is 17.8. The van der Waals surface area contributed by atoms with Crippen LogP contribution in [0, 0.1) is 10.1 Å². The lowest BCUT2D eigenvalue weighted by molar-refractivity contribution is -0.384. The highest BCUT2D eigenvalue weighted by Crippen LogP contribution is 2.27. The molecule has 3 rings (SSSR count). The zero-order chi connectivity index (χ0) is 22.6. The molecule has 0 aliphatic carbocycles. The number of amides is 2. The van der Waals surface area contributed by atoms with E-state index >= 15 is 0 Å². The molecule has 0 unspecified atom stereocenters. The predicted molar refractivity (Wildman–Crippen MR) is 118 cm³/mol. The predicted octanol–water partition coefficient (Wildman–Crippen LogP) is 3.21. The Morgan fingerprint density at radius 1 is 1.03 bits per heavy atom. The summed E-state index contributed by atoms with van der Waals surface area (Å²) in [4.78, 5) is 37.9. The lowest BCUT2D eigenvalue weighted by atomic mass is 10.1. The number of benzene rings is 2. The molecular formula is C22H26N4O5. The fraction of sp³-hybridized carbons (Fsp3) is 0.364. The van der Waals surface area contributed by atoms with E-state index in [1.807, 2.05) is 25.7 Å². The number of carbonyl (C=O) groups is 2. The van der Waals surface area contributed by atoms with Crippen LogP contribution in [0.1, 0.15) is 41.5 Å². The van der Waals surface area contributed by atoms with Crippen LogP contribution in [0.5, 0.6) is 0 Å². The standard InChI is InChI=1S/C22H26N4O5/c1-22(2,3)24-20(27)15-4-6-16(7-5-15)23-21(28)18-14-17(26(29)30)8-9-19(18)25-10-12-31-13-11-25/h4-9,14H,10-13H2,1-3H3,(H,23,28)(H,24,27). The lowest BCUT2D eigenvalue weighted by Crippen LogP contribution is -2.40. The Balaban J connectivity index is 1.81. The van der Waals surface area contributed by atoms with Crippen molar-refractivity contribution in [2.24, 2.45) is 0 Å². The van der Waals surface area contributed by atoms with E-state index in [2.05, 4.69) is 10.6 Å². The molecule has 0 aromatic heterocycles. The largest absolute Gasteiger partial charge is 0.378 e. The molecule has 2 N–H and O–H groups in total. The Morgan fingerprint density at radius 2 is 1.68 bits per heavy atom. The molecule has 0 spiro atoms. The first kappa shape index (κ1) is 22.2. The molecule has 0 atom stereocenters. The third kappa shape index (κ3) is 5.79. The van der Waals surface area contributed by atoms with E-state index in [-0.39, 0.29) is 22.7 Å². The number of anilines is 2. The summed E-state index contributed by atoms with van der Waals surface area (Å²) in [5, 5.41) is 16.9. The van der Waals surface area contributed by atoms with Crippen molar-refractivity contribution in [3.8, 4) is 0 Å². The maximum absolute atomic E-state index is 13.0. The van der Waals surface area contributed by atoms with Gasteiger partial charge in [-0.05, 0) is 51.1 Å². The van der Waals surface area contributed by atoms with Gasteiger partial charge in [-0.25, -0.2) is 0 Å². The number of morpholine rings is 1. The molecule has 0 radical (unpaired) electrons. The van der Waals surface area contributed by atoms with E-state index in [0.29, 0.717) is 43.2 Å². The average Bonchev–Trinajstić information content (AvgIpc) is 2.73. The van der Waals surface area contributed by atoms with Crippen LogP contribution < -0.4 is 15.5 Å². The molecule has 2 aromatic rings. The lowest BCUT2D eigenvalue weighted by Gasteiger charge is -2.30. The Bertz CT molecular complexity index is 976. The van der Waals surface area contributed by atoms with Crippen LogP contribution in [-0.2, 0) is 4.74 Å². The summed E-state index contributed by atoms with van der Waals surface area (Å²) in [5.74, 6) is -0.671. The van der Waals surface area contributed by atoms with Gasteiger partial charge in [-0.3, -0.25) is 19.7 Å². The third-order valence-electron chi connectivity index (χ3n) is 4.68. The van der Waals surface area contributed by atoms with Crippen molar-refractivity contribution in [2.45, 2.75) is 26.3 Å². The molecule has 1 saturated heterocycles. The minimum Gasteiger partial charge on any atom is -0.378 e. The second-order valence-corrected chi connectivity index (χ2v) is 8.29. The van der Waals surface area contributed by atoms with Crippen molar-refractivity contribution in [1.29, 1.82) is 0 Å². The fourth-order valence-corrected chi connectivity index (χ4v) is 3.22. The normalized spacial score (nSPS) is 14.1. The highest BCUT2D eigenvalue weighted by atomic mass is 16.6. The van der Waals surface area contributed by atoms with Crippen molar-refractivity contribution in [2.75, 3.05) is 36.5 Å². The third-order valence-corrected chi connectivity index (χ3v) is 4.68. The van der Waals surface area contributed by atoms with Crippen LogP contribution in [0.3, 0.4) is 0 Å². The van der Waals surface area contributed by atoms with Crippen LogP contribution in [0.25, 0.3) is 0 Å². The summed E-state index contributed by atoms with van der Waals surface area (Å²) in [7, 11) is 0. The molecule has 1 aliphatic heterocycles. The SMILES string of the molecule is CC(C)(C)NC(=O)c1ccc(NC(=O)c2cc([N+](=O)[O-])ccc2N2CCOCC2)cc1. The topological polar surface area (TPSA) is 114 Å². The second kappa shape index (κ2) is 9.13. The van der Waals surface area contributed by atoms with Gasteiger partial charge in [-0.2, -0.15) is 0 Å². The molecule has 2 amide bonds. The number of nitro groups is 1.